The highest BCUT2D eigenvalue weighted by atomic mass is 32.1. The predicted molar refractivity (Wildman–Crippen MR) is 73.0 cm³/mol. The molecule has 2 rings (SSSR count). The number of carbonyl (C=O) groups is 1. The van der Waals surface area contributed by atoms with Gasteiger partial charge in [0.25, 0.3) is 5.91 Å². The Morgan fingerprint density at radius 1 is 1.58 bits per heavy atom. The number of nitrogens with one attached hydrogen (secondary N) is 1. The number of nitrogens with zero attached hydrogens (tertiary/aromatic N) is 1. The normalized spacial score (nSPS) is 14.1. The summed E-state index contributed by atoms with van der Waals surface area (Å²) < 4.78 is 5.23. The lowest BCUT2D eigenvalue weighted by Crippen LogP contribution is -2.34. The van der Waals surface area contributed by atoms with Crippen molar-refractivity contribution in [2.75, 3.05) is 0 Å². The topological polar surface area (TPSA) is 75.4 Å². The fourth-order valence-electron chi connectivity index (χ4n) is 1.76. The van der Waals surface area contributed by atoms with Crippen molar-refractivity contribution in [2.24, 2.45) is 0 Å². The van der Waals surface area contributed by atoms with Crippen LogP contribution in [0.3, 0.4) is 0 Å². The molecule has 2 N–H and O–H groups in total. The molecule has 6 heteroatoms. The van der Waals surface area contributed by atoms with E-state index in [0.717, 1.165) is 0 Å². The number of aliphatic hydroxyl groups excluding tert-OH is 1. The van der Waals surface area contributed by atoms with Crippen molar-refractivity contribution in [3.8, 4) is 10.8 Å². The maximum Gasteiger partial charge on any atom is 0.270 e. The summed E-state index contributed by atoms with van der Waals surface area (Å²) in [6.45, 7) is 3.55. The van der Waals surface area contributed by atoms with E-state index in [1.54, 1.807) is 30.7 Å². The lowest BCUT2D eigenvalue weighted by atomic mass is 10.1. The number of hydrogen-bond donors (Lipinski definition) is 2. The molecule has 1 amide bonds. The van der Waals surface area contributed by atoms with E-state index in [9.17, 15) is 9.90 Å². The van der Waals surface area contributed by atoms with Crippen LogP contribution in [0.5, 0.6) is 0 Å². The number of aliphatic hydroxyl groups is 1. The molecule has 0 radical (unpaired) electrons. The van der Waals surface area contributed by atoms with E-state index < -0.39 is 6.10 Å². The monoisotopic (exact) mass is 280 g/mol. The van der Waals surface area contributed by atoms with Gasteiger partial charge < -0.3 is 14.8 Å². The zero-order chi connectivity index (χ0) is 13.8. The molecule has 0 fully saturated rings. The van der Waals surface area contributed by atoms with E-state index in [1.807, 2.05) is 6.92 Å². The average Bonchev–Trinajstić information content (AvgIpc) is 2.99. The smallest absolute Gasteiger partial charge is 0.270 e. The number of carbonyl (C=O) groups excluding carboxylic acids is 1. The predicted octanol–water partition coefficient (Wildman–Crippen LogP) is 2.29. The molecule has 2 unspecified atom stereocenters. The van der Waals surface area contributed by atoms with Crippen molar-refractivity contribution >= 4 is 17.2 Å². The first-order chi connectivity index (χ1) is 9.06. The molecule has 2 aromatic rings. The summed E-state index contributed by atoms with van der Waals surface area (Å²) >= 11 is 1.36. The molecule has 2 heterocycles. The third-order valence-corrected chi connectivity index (χ3v) is 3.40. The SMILES string of the molecule is CC(O)CC(C)NC(=O)c1csc(-c2ccco2)n1. The Labute approximate surface area is 115 Å². The van der Waals surface area contributed by atoms with Gasteiger partial charge in [-0.25, -0.2) is 4.98 Å². The van der Waals surface area contributed by atoms with Crippen LogP contribution in [0.2, 0.25) is 0 Å². The first-order valence-corrected chi connectivity index (χ1v) is 6.92. The van der Waals surface area contributed by atoms with E-state index >= 15 is 0 Å². The van der Waals surface area contributed by atoms with Crippen LogP contribution in [-0.2, 0) is 0 Å². The molecule has 0 spiro atoms. The standard InChI is InChI=1S/C13H16N2O3S/c1-8(6-9(2)16)14-12(17)10-7-19-13(15-10)11-4-3-5-18-11/h3-5,7-9,16H,6H2,1-2H3,(H,14,17). The van der Waals surface area contributed by atoms with Crippen molar-refractivity contribution in [2.45, 2.75) is 32.4 Å². The molecule has 0 saturated heterocycles. The van der Waals surface area contributed by atoms with Gasteiger partial charge in [0.15, 0.2) is 10.8 Å². The zero-order valence-electron chi connectivity index (χ0n) is 10.8. The van der Waals surface area contributed by atoms with Crippen molar-refractivity contribution in [1.82, 2.24) is 10.3 Å². The van der Waals surface area contributed by atoms with Crippen LogP contribution in [0.4, 0.5) is 0 Å². The van der Waals surface area contributed by atoms with Gasteiger partial charge in [0, 0.05) is 11.4 Å². The Bertz CT molecular complexity index is 534. The highest BCUT2D eigenvalue weighted by Crippen LogP contribution is 2.23. The van der Waals surface area contributed by atoms with Crippen LogP contribution in [0.25, 0.3) is 10.8 Å². The third-order valence-electron chi connectivity index (χ3n) is 2.54. The number of hydrogen-bond acceptors (Lipinski definition) is 5. The lowest BCUT2D eigenvalue weighted by Gasteiger charge is -2.14. The fraction of sp³-hybridized carbons (Fsp3) is 0.385. The molecule has 2 aromatic heterocycles. The molecule has 102 valence electrons. The summed E-state index contributed by atoms with van der Waals surface area (Å²) in [7, 11) is 0. The molecule has 19 heavy (non-hydrogen) atoms. The maximum absolute atomic E-state index is 11.9. The Hall–Kier alpha value is -1.66. The molecule has 0 bridgehead atoms. The minimum atomic E-state index is -0.440. The molecular formula is C13H16N2O3S. The molecule has 0 aromatic carbocycles. The summed E-state index contributed by atoms with van der Waals surface area (Å²) in [6, 6.07) is 3.49. The zero-order valence-corrected chi connectivity index (χ0v) is 11.6. The second kappa shape index (κ2) is 5.99. The van der Waals surface area contributed by atoms with E-state index in [4.69, 9.17) is 4.42 Å². The number of furan rings is 1. The average molecular weight is 280 g/mol. The van der Waals surface area contributed by atoms with Crippen LogP contribution < -0.4 is 5.32 Å². The first kappa shape index (κ1) is 13.8. The molecule has 5 nitrogen and oxygen atoms in total. The molecule has 0 aliphatic rings. The molecular weight excluding hydrogens is 264 g/mol. The molecule has 0 saturated carbocycles. The quantitative estimate of drug-likeness (QED) is 0.881. The number of thiazole rings is 1. The second-order valence-electron chi connectivity index (χ2n) is 4.47. The van der Waals surface area contributed by atoms with Gasteiger partial charge in [-0.2, -0.15) is 0 Å². The van der Waals surface area contributed by atoms with Gasteiger partial charge in [-0.1, -0.05) is 0 Å². The molecule has 0 aliphatic carbocycles. The lowest BCUT2D eigenvalue weighted by molar-refractivity contribution is 0.0919. The van der Waals surface area contributed by atoms with Gasteiger partial charge in [0.1, 0.15) is 5.69 Å². The first-order valence-electron chi connectivity index (χ1n) is 6.04. The van der Waals surface area contributed by atoms with Gasteiger partial charge in [-0.15, -0.1) is 11.3 Å². The van der Waals surface area contributed by atoms with Crippen molar-refractivity contribution in [3.05, 3.63) is 29.5 Å². The highest BCUT2D eigenvalue weighted by Gasteiger charge is 2.15. The fourth-order valence-corrected chi connectivity index (χ4v) is 2.53. The number of aromatic nitrogens is 1. The van der Waals surface area contributed by atoms with Crippen LogP contribution in [0.15, 0.2) is 28.2 Å². The van der Waals surface area contributed by atoms with Gasteiger partial charge >= 0.3 is 0 Å². The van der Waals surface area contributed by atoms with E-state index in [2.05, 4.69) is 10.3 Å². The summed E-state index contributed by atoms with van der Waals surface area (Å²) in [6.07, 6.45) is 1.65. The largest absolute Gasteiger partial charge is 0.462 e. The second-order valence-corrected chi connectivity index (χ2v) is 5.33. The van der Waals surface area contributed by atoms with Crippen LogP contribution in [0, 0.1) is 0 Å². The van der Waals surface area contributed by atoms with Crippen LogP contribution in [0.1, 0.15) is 30.8 Å². The van der Waals surface area contributed by atoms with E-state index in [1.165, 1.54) is 11.3 Å². The minimum Gasteiger partial charge on any atom is -0.462 e. The Balaban J connectivity index is 2.00. The van der Waals surface area contributed by atoms with Gasteiger partial charge in [-0.3, -0.25) is 4.79 Å². The highest BCUT2D eigenvalue weighted by molar-refractivity contribution is 7.13. The van der Waals surface area contributed by atoms with Crippen molar-refractivity contribution in [3.63, 3.8) is 0 Å². The Morgan fingerprint density at radius 2 is 2.37 bits per heavy atom. The number of amides is 1. The van der Waals surface area contributed by atoms with Crippen molar-refractivity contribution in [1.29, 1.82) is 0 Å². The van der Waals surface area contributed by atoms with Gasteiger partial charge in [0.05, 0.1) is 12.4 Å². The summed E-state index contributed by atoms with van der Waals surface area (Å²) in [4.78, 5) is 16.2. The number of rotatable bonds is 5. The van der Waals surface area contributed by atoms with Crippen LogP contribution in [-0.4, -0.2) is 28.1 Å². The maximum atomic E-state index is 11.9. The van der Waals surface area contributed by atoms with Crippen molar-refractivity contribution < 1.29 is 14.3 Å². The van der Waals surface area contributed by atoms with E-state index in [0.29, 0.717) is 22.9 Å². The summed E-state index contributed by atoms with van der Waals surface area (Å²) in [5, 5.41) is 14.4. The van der Waals surface area contributed by atoms with E-state index in [-0.39, 0.29) is 11.9 Å². The molecule has 0 aliphatic heterocycles. The summed E-state index contributed by atoms with van der Waals surface area (Å²) in [5.41, 5.74) is 0.369. The van der Waals surface area contributed by atoms with Gasteiger partial charge in [0.2, 0.25) is 0 Å². The molecule has 2 atom stereocenters. The Morgan fingerprint density at radius 3 is 3.00 bits per heavy atom. The van der Waals surface area contributed by atoms with Crippen LogP contribution >= 0.6 is 11.3 Å². The van der Waals surface area contributed by atoms with Gasteiger partial charge in [-0.05, 0) is 32.4 Å². The minimum absolute atomic E-state index is 0.0961. The summed E-state index contributed by atoms with van der Waals surface area (Å²) in [5.74, 6) is 0.420. The third kappa shape index (κ3) is 3.65. The Kier molecular flexibility index (Phi) is 4.34.